The predicted molar refractivity (Wildman–Crippen MR) is 47.9 cm³/mol. The van der Waals surface area contributed by atoms with Crippen molar-refractivity contribution in [2.75, 3.05) is 5.73 Å². The van der Waals surface area contributed by atoms with Crippen molar-refractivity contribution >= 4 is 5.69 Å². The lowest BCUT2D eigenvalue weighted by Crippen LogP contribution is -2.16. The smallest absolute Gasteiger partial charge is 0.397 e. The molecule has 0 unspecified atom stereocenters. The number of nitrogen functional groups attached to an aromatic ring is 1. The van der Waals surface area contributed by atoms with Crippen molar-refractivity contribution in [3.05, 3.63) is 23.0 Å². The average Bonchev–Trinajstić information content (AvgIpc) is 2.18. The topological polar surface area (TPSA) is 62.7 Å². The van der Waals surface area contributed by atoms with E-state index in [1.165, 1.54) is 6.07 Å². The Morgan fingerprint density at radius 2 is 2.00 bits per heavy atom. The fourth-order valence-corrected chi connectivity index (χ4v) is 1.35. The van der Waals surface area contributed by atoms with Crippen molar-refractivity contribution in [3.8, 4) is 6.07 Å². The van der Waals surface area contributed by atoms with Gasteiger partial charge in [-0.2, -0.15) is 18.4 Å². The second-order valence-corrected chi connectivity index (χ2v) is 3.08. The third kappa shape index (κ3) is 2.61. The number of alkyl halides is 5. The van der Waals surface area contributed by atoms with Crippen LogP contribution in [0.3, 0.4) is 0 Å². The highest BCUT2D eigenvalue weighted by Crippen LogP contribution is 2.40. The van der Waals surface area contributed by atoms with E-state index in [0.29, 0.717) is 6.20 Å². The van der Waals surface area contributed by atoms with Crippen LogP contribution in [0, 0.1) is 11.3 Å². The largest absolute Gasteiger partial charge is 0.418 e. The Morgan fingerprint density at radius 3 is 2.41 bits per heavy atom. The second kappa shape index (κ2) is 4.53. The van der Waals surface area contributed by atoms with Crippen LogP contribution in [0.25, 0.3) is 0 Å². The molecule has 3 nitrogen and oxygen atoms in total. The Balaban J connectivity index is 3.56. The number of nitrogens with zero attached hydrogens (tertiary/aromatic N) is 2. The number of rotatable bonds is 2. The molecule has 1 heterocycles. The van der Waals surface area contributed by atoms with Crippen LogP contribution in [0.15, 0.2) is 6.20 Å². The first kappa shape index (κ1) is 13.2. The van der Waals surface area contributed by atoms with Crippen LogP contribution in [-0.4, -0.2) is 4.98 Å². The maximum Gasteiger partial charge on any atom is 0.418 e. The van der Waals surface area contributed by atoms with Gasteiger partial charge in [-0.25, -0.2) is 8.78 Å². The van der Waals surface area contributed by atoms with Gasteiger partial charge in [-0.3, -0.25) is 4.98 Å². The quantitative estimate of drug-likeness (QED) is 0.822. The Kier molecular flexibility index (Phi) is 3.50. The molecule has 8 heteroatoms. The molecule has 2 N–H and O–H groups in total. The number of nitrogens with two attached hydrogens (primary N) is 1. The average molecular weight is 251 g/mol. The van der Waals surface area contributed by atoms with Crippen molar-refractivity contribution in [1.29, 1.82) is 5.26 Å². The van der Waals surface area contributed by atoms with Gasteiger partial charge in [0, 0.05) is 0 Å². The van der Waals surface area contributed by atoms with Crippen molar-refractivity contribution < 1.29 is 22.0 Å². The molecule has 0 aliphatic heterocycles. The van der Waals surface area contributed by atoms with E-state index in [4.69, 9.17) is 11.0 Å². The van der Waals surface area contributed by atoms with E-state index in [9.17, 15) is 22.0 Å². The van der Waals surface area contributed by atoms with E-state index in [1.807, 2.05) is 0 Å². The highest BCUT2D eigenvalue weighted by Gasteiger charge is 2.39. The Bertz CT molecular complexity index is 461. The number of hydrogen-bond donors (Lipinski definition) is 1. The van der Waals surface area contributed by atoms with Gasteiger partial charge < -0.3 is 5.73 Å². The standard InChI is InChI=1S/C9H6F5N3/c10-8(11)6-5(1-2-15)17-3-4(16)7(6)9(12,13)14/h3,8H,1,16H2. The summed E-state index contributed by atoms with van der Waals surface area (Å²) in [6.07, 6.45) is -8.42. The molecule has 0 saturated heterocycles. The van der Waals surface area contributed by atoms with Crippen molar-refractivity contribution in [3.63, 3.8) is 0 Å². The molecule has 0 amide bonds. The van der Waals surface area contributed by atoms with Crippen molar-refractivity contribution in [1.82, 2.24) is 4.98 Å². The van der Waals surface area contributed by atoms with Crippen LogP contribution in [0.5, 0.6) is 0 Å². The number of anilines is 1. The molecule has 92 valence electrons. The van der Waals surface area contributed by atoms with Crippen LogP contribution in [-0.2, 0) is 12.6 Å². The van der Waals surface area contributed by atoms with Crippen molar-refractivity contribution in [2.24, 2.45) is 0 Å². The van der Waals surface area contributed by atoms with E-state index in [-0.39, 0.29) is 0 Å². The lowest BCUT2D eigenvalue weighted by molar-refractivity contribution is -0.139. The van der Waals surface area contributed by atoms with Gasteiger partial charge in [0.1, 0.15) is 0 Å². The van der Waals surface area contributed by atoms with Gasteiger partial charge in [-0.1, -0.05) is 0 Å². The summed E-state index contributed by atoms with van der Waals surface area (Å²) < 4.78 is 62.9. The van der Waals surface area contributed by atoms with Crippen LogP contribution >= 0.6 is 0 Å². The predicted octanol–water partition coefficient (Wildman–Crippen LogP) is 2.69. The molecule has 0 atom stereocenters. The van der Waals surface area contributed by atoms with E-state index in [0.717, 1.165) is 0 Å². The maximum absolute atomic E-state index is 12.6. The lowest BCUT2D eigenvalue weighted by atomic mass is 10.0. The minimum Gasteiger partial charge on any atom is -0.397 e. The summed E-state index contributed by atoms with van der Waals surface area (Å²) in [6.45, 7) is 0. The minimum atomic E-state index is -5.01. The summed E-state index contributed by atoms with van der Waals surface area (Å²) in [5, 5.41) is 8.34. The highest BCUT2D eigenvalue weighted by atomic mass is 19.4. The molecular formula is C9H6F5N3. The summed E-state index contributed by atoms with van der Waals surface area (Å²) in [7, 11) is 0. The van der Waals surface area contributed by atoms with Gasteiger partial charge >= 0.3 is 6.18 Å². The van der Waals surface area contributed by atoms with Gasteiger partial charge in [-0.05, 0) is 0 Å². The van der Waals surface area contributed by atoms with E-state index in [2.05, 4.69) is 4.98 Å². The monoisotopic (exact) mass is 251 g/mol. The van der Waals surface area contributed by atoms with Crippen LogP contribution in [0.1, 0.15) is 23.2 Å². The molecule has 0 fully saturated rings. The Morgan fingerprint density at radius 1 is 1.41 bits per heavy atom. The van der Waals surface area contributed by atoms with Gasteiger partial charge in [0.05, 0.1) is 41.2 Å². The molecular weight excluding hydrogens is 245 g/mol. The SMILES string of the molecule is N#CCc1ncc(N)c(C(F)(F)F)c1C(F)F. The van der Waals surface area contributed by atoms with Gasteiger partial charge in [-0.15, -0.1) is 0 Å². The molecule has 0 aromatic carbocycles. The van der Waals surface area contributed by atoms with Gasteiger partial charge in [0.2, 0.25) is 0 Å². The summed E-state index contributed by atoms with van der Waals surface area (Å²) in [4.78, 5) is 3.34. The lowest BCUT2D eigenvalue weighted by Gasteiger charge is -2.16. The van der Waals surface area contributed by atoms with E-state index >= 15 is 0 Å². The molecule has 0 bridgehead atoms. The fourth-order valence-electron chi connectivity index (χ4n) is 1.35. The third-order valence-corrected chi connectivity index (χ3v) is 1.98. The van der Waals surface area contributed by atoms with Gasteiger partial charge in [0.15, 0.2) is 0 Å². The number of hydrogen-bond acceptors (Lipinski definition) is 3. The molecule has 17 heavy (non-hydrogen) atoms. The molecule has 0 aliphatic carbocycles. The highest BCUT2D eigenvalue weighted by molar-refractivity contribution is 5.53. The molecule has 0 radical (unpaired) electrons. The first-order chi connectivity index (χ1) is 7.79. The van der Waals surface area contributed by atoms with Crippen LogP contribution in [0.2, 0.25) is 0 Å². The number of nitriles is 1. The maximum atomic E-state index is 12.6. The zero-order valence-corrected chi connectivity index (χ0v) is 8.22. The first-order valence-electron chi connectivity index (χ1n) is 4.28. The normalized spacial score (nSPS) is 11.6. The number of pyridine rings is 1. The Labute approximate surface area is 92.7 Å². The summed E-state index contributed by atoms with van der Waals surface area (Å²) in [5.41, 5.74) is 0.586. The molecule has 1 aromatic rings. The molecule has 1 rings (SSSR count). The van der Waals surface area contributed by atoms with Crippen molar-refractivity contribution in [2.45, 2.75) is 19.0 Å². The number of aromatic nitrogens is 1. The fraction of sp³-hybridized carbons (Fsp3) is 0.333. The van der Waals surface area contributed by atoms with Crippen LogP contribution in [0.4, 0.5) is 27.6 Å². The molecule has 0 spiro atoms. The van der Waals surface area contributed by atoms with E-state index < -0.39 is 41.5 Å². The zero-order valence-electron chi connectivity index (χ0n) is 8.22. The molecule has 0 aliphatic rings. The summed E-state index contributed by atoms with van der Waals surface area (Å²) >= 11 is 0. The zero-order chi connectivity index (χ0) is 13.2. The first-order valence-corrected chi connectivity index (χ1v) is 4.28. The summed E-state index contributed by atoms with van der Waals surface area (Å²) in [6, 6.07) is 1.47. The van der Waals surface area contributed by atoms with Crippen LogP contribution < -0.4 is 5.73 Å². The molecule has 0 saturated carbocycles. The van der Waals surface area contributed by atoms with E-state index in [1.54, 1.807) is 0 Å². The summed E-state index contributed by atoms with van der Waals surface area (Å²) in [5.74, 6) is 0. The second-order valence-electron chi connectivity index (χ2n) is 3.08. The number of halogens is 5. The molecule has 1 aromatic heterocycles. The minimum absolute atomic E-state index is 0.607. The third-order valence-electron chi connectivity index (χ3n) is 1.98. The van der Waals surface area contributed by atoms with Gasteiger partial charge in [0.25, 0.3) is 6.43 Å². The Hall–Kier alpha value is -1.91.